The Labute approximate surface area is 176 Å². The zero-order valence-corrected chi connectivity index (χ0v) is 18.2. The fourth-order valence-electron chi connectivity index (χ4n) is 4.05. The van der Waals surface area contributed by atoms with E-state index in [9.17, 15) is 0 Å². The smallest absolute Gasteiger partial charge is 0.185 e. The predicted octanol–water partition coefficient (Wildman–Crippen LogP) is 2.00. The number of anilines is 1. The van der Waals surface area contributed by atoms with Crippen molar-refractivity contribution in [2.75, 3.05) is 45.2 Å². The summed E-state index contributed by atoms with van der Waals surface area (Å²) in [5.41, 5.74) is 9.11. The Bertz CT molecular complexity index is 913. The van der Waals surface area contributed by atoms with Crippen molar-refractivity contribution in [1.82, 2.24) is 19.4 Å². The molecule has 158 valence electrons. The Hall–Kier alpha value is -2.00. The monoisotopic (exact) mass is 416 g/mol. The van der Waals surface area contributed by atoms with Crippen LogP contribution < -0.4 is 10.6 Å². The molecule has 3 heterocycles. The Morgan fingerprint density at radius 1 is 1.17 bits per heavy atom. The SMILES string of the molecule is CN(C)c1nc(Cn2c(CC3CCN(CCN)CC3)nc3ccccc32)cs1.O. The molecule has 1 saturated heterocycles. The Balaban J connectivity index is 0.00000240. The van der Waals surface area contributed by atoms with Crippen LogP contribution in [0.25, 0.3) is 11.0 Å². The van der Waals surface area contributed by atoms with Crippen molar-refractivity contribution < 1.29 is 5.48 Å². The van der Waals surface area contributed by atoms with Gasteiger partial charge < -0.3 is 25.6 Å². The molecule has 0 atom stereocenters. The quantitative estimate of drug-likeness (QED) is 0.636. The number of fused-ring (bicyclic) bond motifs is 1. The van der Waals surface area contributed by atoms with Crippen molar-refractivity contribution in [3.63, 3.8) is 0 Å². The molecule has 1 fully saturated rings. The second kappa shape index (κ2) is 9.67. The number of para-hydroxylation sites is 2. The van der Waals surface area contributed by atoms with E-state index < -0.39 is 0 Å². The molecule has 8 heteroatoms. The number of aromatic nitrogens is 3. The minimum absolute atomic E-state index is 0. The van der Waals surface area contributed by atoms with E-state index in [-0.39, 0.29) is 5.48 Å². The summed E-state index contributed by atoms with van der Waals surface area (Å²) >= 11 is 1.70. The first-order chi connectivity index (χ1) is 13.6. The summed E-state index contributed by atoms with van der Waals surface area (Å²) < 4.78 is 2.37. The van der Waals surface area contributed by atoms with Crippen molar-refractivity contribution in [3.8, 4) is 0 Å². The number of nitrogens with two attached hydrogens (primary N) is 1. The van der Waals surface area contributed by atoms with E-state index in [1.54, 1.807) is 11.3 Å². The summed E-state index contributed by atoms with van der Waals surface area (Å²) in [6, 6.07) is 8.46. The molecule has 1 aromatic carbocycles. The lowest BCUT2D eigenvalue weighted by molar-refractivity contribution is 0.186. The highest BCUT2D eigenvalue weighted by atomic mass is 32.1. The highest BCUT2D eigenvalue weighted by molar-refractivity contribution is 7.13. The number of rotatable bonds is 7. The van der Waals surface area contributed by atoms with Crippen molar-refractivity contribution >= 4 is 27.5 Å². The summed E-state index contributed by atoms with van der Waals surface area (Å²) in [4.78, 5) is 14.3. The maximum Gasteiger partial charge on any atom is 0.185 e. The van der Waals surface area contributed by atoms with Crippen LogP contribution in [0.5, 0.6) is 0 Å². The summed E-state index contributed by atoms with van der Waals surface area (Å²) in [7, 11) is 4.08. The second-order valence-corrected chi connectivity index (χ2v) is 8.73. The van der Waals surface area contributed by atoms with E-state index in [4.69, 9.17) is 15.7 Å². The zero-order valence-electron chi connectivity index (χ0n) is 17.3. The second-order valence-electron chi connectivity index (χ2n) is 7.90. The summed E-state index contributed by atoms with van der Waals surface area (Å²) in [5, 5.41) is 3.22. The highest BCUT2D eigenvalue weighted by Gasteiger charge is 2.22. The molecule has 2 aromatic heterocycles. The molecule has 0 aliphatic carbocycles. The average molecular weight is 417 g/mol. The molecule has 0 amide bonds. The van der Waals surface area contributed by atoms with Crippen LogP contribution in [0.4, 0.5) is 5.13 Å². The molecular weight excluding hydrogens is 384 g/mol. The van der Waals surface area contributed by atoms with Gasteiger partial charge in [0.2, 0.25) is 0 Å². The number of piperidine rings is 1. The Morgan fingerprint density at radius 2 is 1.93 bits per heavy atom. The van der Waals surface area contributed by atoms with Gasteiger partial charge in [0.25, 0.3) is 0 Å². The topological polar surface area (TPSA) is 94.7 Å². The molecule has 0 bridgehead atoms. The standard InChI is InChI=1S/C21H30N6S.H2O/c1-25(2)21-23-17(15-28-21)14-27-19-6-4-3-5-18(19)24-20(27)13-16-7-10-26(11-8-16)12-9-22;/h3-6,15-16H,7-14,22H2,1-2H3;1H2. The molecule has 7 nitrogen and oxygen atoms in total. The van der Waals surface area contributed by atoms with E-state index in [0.29, 0.717) is 5.92 Å². The van der Waals surface area contributed by atoms with Gasteiger partial charge in [0.1, 0.15) is 5.82 Å². The van der Waals surface area contributed by atoms with Gasteiger partial charge in [0, 0.05) is 39.0 Å². The van der Waals surface area contributed by atoms with Gasteiger partial charge in [0.15, 0.2) is 5.13 Å². The fourth-order valence-corrected chi connectivity index (χ4v) is 4.80. The van der Waals surface area contributed by atoms with Gasteiger partial charge in [-0.3, -0.25) is 0 Å². The molecule has 0 saturated carbocycles. The predicted molar refractivity (Wildman–Crippen MR) is 121 cm³/mol. The molecule has 0 radical (unpaired) electrons. The summed E-state index contributed by atoms with van der Waals surface area (Å²) in [5.74, 6) is 1.88. The first-order valence-corrected chi connectivity index (χ1v) is 11.0. The van der Waals surface area contributed by atoms with Gasteiger partial charge in [-0.05, 0) is 44.0 Å². The molecular formula is C21H32N6OS. The van der Waals surface area contributed by atoms with Crippen LogP contribution in [-0.4, -0.2) is 65.2 Å². The largest absolute Gasteiger partial charge is 0.412 e. The lowest BCUT2D eigenvalue weighted by Crippen LogP contribution is -2.37. The van der Waals surface area contributed by atoms with Crippen LogP contribution in [0.3, 0.4) is 0 Å². The third kappa shape index (κ3) is 4.95. The lowest BCUT2D eigenvalue weighted by atomic mass is 9.93. The number of imidazole rings is 1. The van der Waals surface area contributed by atoms with Crippen molar-refractivity contribution in [2.45, 2.75) is 25.8 Å². The van der Waals surface area contributed by atoms with Gasteiger partial charge in [-0.25, -0.2) is 9.97 Å². The molecule has 29 heavy (non-hydrogen) atoms. The molecule has 4 rings (SSSR count). The van der Waals surface area contributed by atoms with Gasteiger partial charge in [0.05, 0.1) is 23.3 Å². The van der Waals surface area contributed by atoms with Gasteiger partial charge in [-0.1, -0.05) is 12.1 Å². The van der Waals surface area contributed by atoms with Crippen LogP contribution in [0.15, 0.2) is 29.6 Å². The average Bonchev–Trinajstić information content (AvgIpc) is 3.30. The van der Waals surface area contributed by atoms with E-state index in [0.717, 1.165) is 55.5 Å². The van der Waals surface area contributed by atoms with Crippen molar-refractivity contribution in [3.05, 3.63) is 41.2 Å². The minimum atomic E-state index is 0. The molecule has 1 aliphatic rings. The maximum absolute atomic E-state index is 5.71. The first-order valence-electron chi connectivity index (χ1n) is 10.1. The van der Waals surface area contributed by atoms with Crippen LogP contribution >= 0.6 is 11.3 Å². The third-order valence-corrected chi connectivity index (χ3v) is 6.66. The zero-order chi connectivity index (χ0) is 19.5. The van der Waals surface area contributed by atoms with Crippen LogP contribution in [-0.2, 0) is 13.0 Å². The van der Waals surface area contributed by atoms with Crippen LogP contribution in [0.1, 0.15) is 24.4 Å². The fraction of sp³-hybridized carbons (Fsp3) is 0.524. The summed E-state index contributed by atoms with van der Waals surface area (Å²) in [6.07, 6.45) is 3.49. The number of hydrogen-bond acceptors (Lipinski definition) is 6. The van der Waals surface area contributed by atoms with Crippen LogP contribution in [0.2, 0.25) is 0 Å². The van der Waals surface area contributed by atoms with E-state index in [1.165, 1.54) is 24.2 Å². The van der Waals surface area contributed by atoms with Crippen molar-refractivity contribution in [2.24, 2.45) is 11.7 Å². The number of benzene rings is 1. The summed E-state index contributed by atoms with van der Waals surface area (Å²) in [6.45, 7) is 4.86. The molecule has 1 aliphatic heterocycles. The first kappa shape index (κ1) is 21.7. The van der Waals surface area contributed by atoms with E-state index in [2.05, 4.69) is 44.0 Å². The van der Waals surface area contributed by atoms with Gasteiger partial charge in [-0.2, -0.15) is 0 Å². The van der Waals surface area contributed by atoms with Gasteiger partial charge in [-0.15, -0.1) is 11.3 Å². The maximum atomic E-state index is 5.71. The van der Waals surface area contributed by atoms with Crippen LogP contribution in [0, 0.1) is 5.92 Å². The number of thiazole rings is 1. The third-order valence-electron chi connectivity index (χ3n) is 5.60. The highest BCUT2D eigenvalue weighted by Crippen LogP contribution is 2.26. The normalized spacial score (nSPS) is 15.6. The van der Waals surface area contributed by atoms with Crippen molar-refractivity contribution in [1.29, 1.82) is 0 Å². The lowest BCUT2D eigenvalue weighted by Gasteiger charge is -2.31. The van der Waals surface area contributed by atoms with E-state index in [1.807, 2.05) is 14.1 Å². The van der Waals surface area contributed by atoms with Gasteiger partial charge >= 0.3 is 0 Å². The Morgan fingerprint density at radius 3 is 2.62 bits per heavy atom. The minimum Gasteiger partial charge on any atom is -0.412 e. The molecule has 3 aromatic rings. The Kier molecular flexibility index (Phi) is 7.23. The molecule has 4 N–H and O–H groups in total. The number of hydrogen-bond donors (Lipinski definition) is 1. The number of nitrogens with zero attached hydrogens (tertiary/aromatic N) is 5. The molecule has 0 spiro atoms. The number of likely N-dealkylation sites (tertiary alicyclic amines) is 1. The molecule has 0 unspecified atom stereocenters. The van der Waals surface area contributed by atoms with E-state index >= 15 is 0 Å².